The van der Waals surface area contributed by atoms with Crippen LogP contribution in [0.25, 0.3) is 0 Å². The van der Waals surface area contributed by atoms with Crippen LogP contribution in [-0.4, -0.2) is 30.3 Å². The Bertz CT molecular complexity index is 400. The number of para-hydroxylation sites is 1. The number of rotatable bonds is 5. The number of benzene rings is 1. The summed E-state index contributed by atoms with van der Waals surface area (Å²) in [4.78, 5) is 21.9. The molecular formula is C12H14O5. The molecule has 0 aliphatic heterocycles. The lowest BCUT2D eigenvalue weighted by atomic mass is 10.2. The van der Waals surface area contributed by atoms with Crippen molar-refractivity contribution in [2.45, 2.75) is 13.3 Å². The van der Waals surface area contributed by atoms with E-state index < -0.39 is 5.97 Å². The molecule has 0 aromatic heterocycles. The van der Waals surface area contributed by atoms with E-state index in [-0.39, 0.29) is 30.5 Å². The molecule has 5 heteroatoms. The summed E-state index contributed by atoms with van der Waals surface area (Å²) in [6.07, 6.45) is 0.429. The molecule has 0 heterocycles. The molecule has 0 saturated carbocycles. The topological polar surface area (TPSA) is 72.8 Å². The van der Waals surface area contributed by atoms with Gasteiger partial charge < -0.3 is 14.6 Å². The number of carbonyl (C=O) groups is 2. The number of hydrogen-bond acceptors (Lipinski definition) is 5. The molecule has 0 unspecified atom stereocenters. The van der Waals surface area contributed by atoms with Crippen LogP contribution < -0.4 is 0 Å². The number of carbonyl (C=O) groups excluding carboxylic acids is 2. The van der Waals surface area contributed by atoms with Crippen molar-refractivity contribution < 1.29 is 24.2 Å². The SMILES string of the molecule is CC(=O)OCCCOC(=O)c1ccccc1O. The molecule has 0 aliphatic carbocycles. The first-order chi connectivity index (χ1) is 8.11. The van der Waals surface area contributed by atoms with Crippen molar-refractivity contribution in [3.05, 3.63) is 29.8 Å². The van der Waals surface area contributed by atoms with E-state index in [2.05, 4.69) is 4.74 Å². The predicted octanol–water partition coefficient (Wildman–Crippen LogP) is 1.50. The first-order valence-electron chi connectivity index (χ1n) is 5.19. The molecule has 92 valence electrons. The second kappa shape index (κ2) is 6.52. The average molecular weight is 238 g/mol. The lowest BCUT2D eigenvalue weighted by Crippen LogP contribution is -2.09. The van der Waals surface area contributed by atoms with Gasteiger partial charge in [-0.05, 0) is 12.1 Å². The van der Waals surface area contributed by atoms with Gasteiger partial charge in [0.25, 0.3) is 0 Å². The summed E-state index contributed by atoms with van der Waals surface area (Å²) in [6.45, 7) is 1.66. The van der Waals surface area contributed by atoms with Gasteiger partial charge >= 0.3 is 11.9 Å². The molecule has 0 bridgehead atoms. The van der Waals surface area contributed by atoms with Gasteiger partial charge in [-0.1, -0.05) is 12.1 Å². The number of hydrogen-bond donors (Lipinski definition) is 1. The lowest BCUT2D eigenvalue weighted by Gasteiger charge is -2.06. The molecule has 0 saturated heterocycles. The standard InChI is InChI=1S/C12H14O5/c1-9(13)16-7-4-8-17-12(15)10-5-2-3-6-11(10)14/h2-3,5-6,14H,4,7-8H2,1H3. The summed E-state index contributed by atoms with van der Waals surface area (Å²) in [6, 6.07) is 6.14. The zero-order valence-corrected chi connectivity index (χ0v) is 9.51. The molecule has 0 atom stereocenters. The van der Waals surface area contributed by atoms with Gasteiger partial charge in [-0.15, -0.1) is 0 Å². The summed E-state index contributed by atoms with van der Waals surface area (Å²) in [5.41, 5.74) is 0.125. The van der Waals surface area contributed by atoms with Crippen LogP contribution in [0.15, 0.2) is 24.3 Å². The molecule has 0 aliphatic rings. The van der Waals surface area contributed by atoms with Crippen molar-refractivity contribution in [1.82, 2.24) is 0 Å². The van der Waals surface area contributed by atoms with Gasteiger partial charge in [0.05, 0.1) is 13.2 Å². The smallest absolute Gasteiger partial charge is 0.341 e. The van der Waals surface area contributed by atoms with Crippen LogP contribution in [0.1, 0.15) is 23.7 Å². The van der Waals surface area contributed by atoms with Crippen molar-refractivity contribution in [3.63, 3.8) is 0 Å². The van der Waals surface area contributed by atoms with E-state index in [9.17, 15) is 14.7 Å². The predicted molar refractivity (Wildman–Crippen MR) is 59.6 cm³/mol. The molecule has 0 fully saturated rings. The molecule has 1 N–H and O–H groups in total. The third-order valence-corrected chi connectivity index (χ3v) is 1.95. The zero-order valence-electron chi connectivity index (χ0n) is 9.51. The lowest BCUT2D eigenvalue weighted by molar-refractivity contribution is -0.141. The molecular weight excluding hydrogens is 224 g/mol. The van der Waals surface area contributed by atoms with Crippen LogP contribution in [0, 0.1) is 0 Å². The first kappa shape index (κ1) is 13.0. The Balaban J connectivity index is 2.31. The maximum atomic E-state index is 11.5. The van der Waals surface area contributed by atoms with Crippen molar-refractivity contribution >= 4 is 11.9 Å². The molecule has 1 aromatic rings. The molecule has 0 radical (unpaired) electrons. The van der Waals surface area contributed by atoms with Gasteiger partial charge in [0.2, 0.25) is 0 Å². The first-order valence-corrected chi connectivity index (χ1v) is 5.19. The molecule has 1 rings (SSSR count). The minimum atomic E-state index is -0.592. The molecule has 1 aromatic carbocycles. The fourth-order valence-corrected chi connectivity index (χ4v) is 1.16. The minimum Gasteiger partial charge on any atom is -0.507 e. The highest BCUT2D eigenvalue weighted by atomic mass is 16.5. The van der Waals surface area contributed by atoms with Crippen molar-refractivity contribution in [2.75, 3.05) is 13.2 Å². The fourth-order valence-electron chi connectivity index (χ4n) is 1.16. The van der Waals surface area contributed by atoms with Crippen LogP contribution >= 0.6 is 0 Å². The van der Waals surface area contributed by atoms with Crippen LogP contribution in [0.4, 0.5) is 0 Å². The van der Waals surface area contributed by atoms with Gasteiger partial charge in [0, 0.05) is 13.3 Å². The van der Waals surface area contributed by atoms with Gasteiger partial charge in [0.15, 0.2) is 0 Å². The number of phenols is 1. The number of phenolic OH excluding ortho intramolecular Hbond substituents is 1. The van der Waals surface area contributed by atoms with Crippen molar-refractivity contribution in [2.24, 2.45) is 0 Å². The van der Waals surface area contributed by atoms with Gasteiger partial charge in [-0.2, -0.15) is 0 Å². The number of esters is 2. The van der Waals surface area contributed by atoms with E-state index in [4.69, 9.17) is 4.74 Å². The molecule has 0 amide bonds. The highest BCUT2D eigenvalue weighted by molar-refractivity contribution is 5.92. The monoisotopic (exact) mass is 238 g/mol. The van der Waals surface area contributed by atoms with E-state index in [1.165, 1.54) is 19.1 Å². The fraction of sp³-hybridized carbons (Fsp3) is 0.333. The Hall–Kier alpha value is -2.04. The highest BCUT2D eigenvalue weighted by Crippen LogP contribution is 2.16. The molecule has 5 nitrogen and oxygen atoms in total. The summed E-state index contributed by atoms with van der Waals surface area (Å²) in [7, 11) is 0. The van der Waals surface area contributed by atoms with Crippen molar-refractivity contribution in [3.8, 4) is 5.75 Å². The maximum absolute atomic E-state index is 11.5. The molecule has 0 spiro atoms. The van der Waals surface area contributed by atoms with Crippen LogP contribution in [-0.2, 0) is 14.3 Å². The zero-order chi connectivity index (χ0) is 12.7. The Morgan fingerprint density at radius 2 is 1.82 bits per heavy atom. The van der Waals surface area contributed by atoms with E-state index in [0.717, 1.165) is 0 Å². The van der Waals surface area contributed by atoms with Crippen LogP contribution in [0.3, 0.4) is 0 Å². The number of ether oxygens (including phenoxy) is 2. The van der Waals surface area contributed by atoms with Crippen LogP contribution in [0.2, 0.25) is 0 Å². The Morgan fingerprint density at radius 3 is 2.47 bits per heavy atom. The maximum Gasteiger partial charge on any atom is 0.341 e. The van der Waals surface area contributed by atoms with Gasteiger partial charge in [-0.3, -0.25) is 4.79 Å². The van der Waals surface area contributed by atoms with E-state index >= 15 is 0 Å². The van der Waals surface area contributed by atoms with Gasteiger partial charge in [-0.25, -0.2) is 4.79 Å². The van der Waals surface area contributed by atoms with E-state index in [1.807, 2.05) is 0 Å². The summed E-state index contributed by atoms with van der Waals surface area (Å²) in [5, 5.41) is 9.39. The Morgan fingerprint density at radius 1 is 1.18 bits per heavy atom. The average Bonchev–Trinajstić information content (AvgIpc) is 2.28. The Kier molecular flexibility index (Phi) is 5.00. The van der Waals surface area contributed by atoms with E-state index in [1.54, 1.807) is 12.1 Å². The molecule has 17 heavy (non-hydrogen) atoms. The highest BCUT2D eigenvalue weighted by Gasteiger charge is 2.10. The summed E-state index contributed by atoms with van der Waals surface area (Å²) >= 11 is 0. The second-order valence-corrected chi connectivity index (χ2v) is 3.35. The largest absolute Gasteiger partial charge is 0.507 e. The quantitative estimate of drug-likeness (QED) is 0.621. The number of aromatic hydroxyl groups is 1. The second-order valence-electron chi connectivity index (χ2n) is 3.35. The van der Waals surface area contributed by atoms with E-state index in [0.29, 0.717) is 6.42 Å². The summed E-state index contributed by atoms with van der Waals surface area (Å²) in [5.74, 6) is -1.07. The third kappa shape index (κ3) is 4.55. The van der Waals surface area contributed by atoms with Crippen molar-refractivity contribution in [1.29, 1.82) is 0 Å². The third-order valence-electron chi connectivity index (χ3n) is 1.95. The minimum absolute atomic E-state index is 0.113. The summed E-state index contributed by atoms with van der Waals surface area (Å²) < 4.78 is 9.57. The van der Waals surface area contributed by atoms with Gasteiger partial charge in [0.1, 0.15) is 11.3 Å². The van der Waals surface area contributed by atoms with Crippen LogP contribution in [0.5, 0.6) is 5.75 Å². The normalized spacial score (nSPS) is 9.71. The Labute approximate surface area is 99.0 Å².